The third kappa shape index (κ3) is 7.14. The normalized spacial score (nSPS) is 15.7. The van der Waals surface area contributed by atoms with Crippen molar-refractivity contribution >= 4 is 73.4 Å². The Kier molecular flexibility index (Phi) is 10.1. The fraction of sp³-hybridized carbons (Fsp3) is 0.333. The van der Waals surface area contributed by atoms with E-state index in [1.54, 1.807) is 18.9 Å². The minimum Gasteiger partial charge on any atom is -0.460 e. The Morgan fingerprint density at radius 3 is 2.51 bits per heavy atom. The van der Waals surface area contributed by atoms with Gasteiger partial charge in [-0.1, -0.05) is 42.5 Å². The Bertz CT molecular complexity index is 1950. The lowest BCUT2D eigenvalue weighted by molar-refractivity contribution is 0.0491. The van der Waals surface area contributed by atoms with E-state index in [-0.39, 0.29) is 17.1 Å². The maximum atomic E-state index is 13.3. The summed E-state index contributed by atoms with van der Waals surface area (Å²) >= 11 is 6.78. The van der Waals surface area contributed by atoms with Crippen molar-refractivity contribution in [2.45, 2.75) is 44.4 Å². The molecule has 5 aromatic rings. The molecule has 0 N–H and O–H groups in total. The van der Waals surface area contributed by atoms with Gasteiger partial charge in [0.1, 0.15) is 10.5 Å². The summed E-state index contributed by atoms with van der Waals surface area (Å²) in [5.74, 6) is -0.0135. The summed E-state index contributed by atoms with van der Waals surface area (Å²) in [4.78, 5) is 32.3. The fourth-order valence-corrected chi connectivity index (χ4v) is 9.63. The molecule has 0 bridgehead atoms. The number of halogens is 1. The summed E-state index contributed by atoms with van der Waals surface area (Å²) in [5.41, 5.74) is 5.36. The molecule has 2 aromatic heterocycles. The van der Waals surface area contributed by atoms with Gasteiger partial charge in [0.25, 0.3) is 5.91 Å². The number of furan rings is 1. The predicted molar refractivity (Wildman–Crippen MR) is 203 cm³/mol. The van der Waals surface area contributed by atoms with Crippen LogP contribution in [0, 0.1) is 12.3 Å². The highest BCUT2D eigenvalue weighted by Gasteiger charge is 2.43. The maximum absolute atomic E-state index is 13.3. The van der Waals surface area contributed by atoms with Crippen LogP contribution in [-0.2, 0) is 11.2 Å². The second-order valence-corrected chi connectivity index (χ2v) is 15.8. The summed E-state index contributed by atoms with van der Waals surface area (Å²) in [7, 11) is 0. The lowest BCUT2D eigenvalue weighted by atomic mass is 9.77. The number of aryl methyl sites for hydroxylation is 1. The molecule has 2 fully saturated rings. The molecule has 0 atom stereocenters. The number of carbonyl (C=O) groups is 2. The number of para-hydroxylation sites is 2. The van der Waals surface area contributed by atoms with Gasteiger partial charge >= 0.3 is 5.97 Å². The fourth-order valence-electron chi connectivity index (χ4n) is 7.14. The van der Waals surface area contributed by atoms with Gasteiger partial charge in [0, 0.05) is 53.0 Å². The zero-order chi connectivity index (χ0) is 34.0. The molecule has 7 nitrogen and oxygen atoms in total. The van der Waals surface area contributed by atoms with Crippen molar-refractivity contribution in [2.75, 3.05) is 48.5 Å². The molecule has 10 heteroatoms. The number of fused-ring (bicyclic) bond motifs is 1. The van der Waals surface area contributed by atoms with E-state index in [1.165, 1.54) is 28.3 Å². The molecule has 1 amide bonds. The van der Waals surface area contributed by atoms with E-state index in [0.29, 0.717) is 12.2 Å². The molecule has 7 rings (SSSR count). The molecule has 3 aromatic carbocycles. The first kappa shape index (κ1) is 33.8. The number of esters is 1. The Balaban J connectivity index is 1.11. The molecular formula is C39H40BrN3O4S2. The Hall–Kier alpha value is -3.73. The van der Waals surface area contributed by atoms with Crippen LogP contribution in [0.3, 0.4) is 0 Å². The van der Waals surface area contributed by atoms with Crippen LogP contribution in [0.25, 0.3) is 11.0 Å². The van der Waals surface area contributed by atoms with E-state index in [0.717, 1.165) is 83.6 Å². The molecular weight excluding hydrogens is 718 g/mol. The number of carbonyl (C=O) groups excluding carboxylic acids is 2. The molecule has 2 saturated heterocycles. The van der Waals surface area contributed by atoms with Crippen LogP contribution in [0.15, 0.2) is 98.0 Å². The molecule has 2 aliphatic heterocycles. The average molecular weight is 759 g/mol. The molecule has 0 saturated carbocycles. The lowest BCUT2D eigenvalue weighted by Gasteiger charge is -2.41. The van der Waals surface area contributed by atoms with Crippen molar-refractivity contribution in [1.29, 1.82) is 0 Å². The van der Waals surface area contributed by atoms with Gasteiger partial charge < -0.3 is 23.3 Å². The minimum atomic E-state index is -0.431. The number of hydrogen-bond acceptors (Lipinski definition) is 8. The van der Waals surface area contributed by atoms with E-state index < -0.39 is 5.97 Å². The molecule has 2 aliphatic rings. The third-order valence-electron chi connectivity index (χ3n) is 9.88. The number of piperidine rings is 1. The molecule has 0 aliphatic carbocycles. The average Bonchev–Trinajstić information content (AvgIpc) is 3.84. The monoisotopic (exact) mass is 757 g/mol. The standard InChI is InChI=1S/C39H40BrN3O4S2/c1-3-46-38(45)35-27(2)30-25-29(13-14-34(30)47-35)49-43(20-15-28-9-5-4-6-10-28)33-12-8-7-11-32(33)41-21-17-39(18-22-41)19-23-42(26-39)37(44)36-31(40)16-24-48-36/h4-14,16,24-25H,3,15,17-23,26H2,1-2H3. The largest absolute Gasteiger partial charge is 0.460 e. The molecule has 0 unspecified atom stereocenters. The predicted octanol–water partition coefficient (Wildman–Crippen LogP) is 9.63. The number of ether oxygens (including phenoxy) is 1. The van der Waals surface area contributed by atoms with Crippen molar-refractivity contribution < 1.29 is 18.7 Å². The number of anilines is 2. The Morgan fingerprint density at radius 2 is 1.76 bits per heavy atom. The van der Waals surface area contributed by atoms with Gasteiger partial charge in [-0.25, -0.2) is 4.79 Å². The Labute approximate surface area is 304 Å². The van der Waals surface area contributed by atoms with Crippen LogP contribution >= 0.6 is 39.2 Å². The van der Waals surface area contributed by atoms with Gasteiger partial charge in [0.2, 0.25) is 5.76 Å². The maximum Gasteiger partial charge on any atom is 0.374 e. The van der Waals surface area contributed by atoms with E-state index in [4.69, 9.17) is 9.15 Å². The van der Waals surface area contributed by atoms with Gasteiger partial charge in [0.05, 0.1) is 18.0 Å². The lowest BCUT2D eigenvalue weighted by Crippen LogP contribution is -2.42. The number of thiophene rings is 1. The van der Waals surface area contributed by atoms with Gasteiger partial charge in [0.15, 0.2) is 0 Å². The van der Waals surface area contributed by atoms with Crippen molar-refractivity contribution in [3.63, 3.8) is 0 Å². The van der Waals surface area contributed by atoms with E-state index in [2.05, 4.69) is 96.8 Å². The van der Waals surface area contributed by atoms with E-state index in [1.807, 2.05) is 24.4 Å². The summed E-state index contributed by atoms with van der Waals surface area (Å²) in [6, 6.07) is 27.4. The van der Waals surface area contributed by atoms with Crippen LogP contribution in [0.5, 0.6) is 0 Å². The van der Waals surface area contributed by atoms with Crippen LogP contribution in [0.1, 0.15) is 57.5 Å². The first-order valence-electron chi connectivity index (χ1n) is 16.9. The summed E-state index contributed by atoms with van der Waals surface area (Å²) < 4.78 is 14.5. The van der Waals surface area contributed by atoms with Crippen LogP contribution < -0.4 is 9.21 Å². The van der Waals surface area contributed by atoms with Crippen LogP contribution in [0.4, 0.5) is 11.4 Å². The van der Waals surface area contributed by atoms with Crippen LogP contribution in [-0.4, -0.2) is 56.1 Å². The highest BCUT2D eigenvalue weighted by Crippen LogP contribution is 2.45. The highest BCUT2D eigenvalue weighted by molar-refractivity contribution is 9.10. The zero-order valence-corrected chi connectivity index (χ0v) is 31.0. The van der Waals surface area contributed by atoms with Crippen molar-refractivity contribution in [1.82, 2.24) is 4.90 Å². The smallest absolute Gasteiger partial charge is 0.374 e. The number of benzene rings is 3. The third-order valence-corrected chi connectivity index (χ3v) is 12.8. The van der Waals surface area contributed by atoms with E-state index >= 15 is 0 Å². The second-order valence-electron chi connectivity index (χ2n) is 12.9. The minimum absolute atomic E-state index is 0.151. The molecule has 49 heavy (non-hydrogen) atoms. The highest BCUT2D eigenvalue weighted by atomic mass is 79.9. The SMILES string of the molecule is CCOC(=O)c1oc2ccc(SN(CCc3ccccc3)c3ccccc3N3CCC4(CCN(C(=O)c5sccc5Br)C4)CC3)cc2c1C. The molecule has 1 spiro atoms. The topological polar surface area (TPSA) is 66.2 Å². The zero-order valence-electron chi connectivity index (χ0n) is 27.8. The molecule has 254 valence electrons. The summed E-state index contributed by atoms with van der Waals surface area (Å²) in [5, 5.41) is 2.89. The number of hydrogen-bond donors (Lipinski definition) is 0. The number of rotatable bonds is 10. The summed E-state index contributed by atoms with van der Waals surface area (Å²) in [6.07, 6.45) is 4.08. The molecule has 0 radical (unpaired) electrons. The van der Waals surface area contributed by atoms with Gasteiger partial charge in [-0.2, -0.15) is 0 Å². The first-order chi connectivity index (χ1) is 23.8. The Morgan fingerprint density at radius 1 is 1.00 bits per heavy atom. The van der Waals surface area contributed by atoms with Crippen molar-refractivity contribution in [3.05, 3.63) is 110 Å². The van der Waals surface area contributed by atoms with Crippen molar-refractivity contribution in [3.8, 4) is 0 Å². The second kappa shape index (κ2) is 14.6. The van der Waals surface area contributed by atoms with Gasteiger partial charge in [-0.3, -0.25) is 4.79 Å². The van der Waals surface area contributed by atoms with Crippen molar-refractivity contribution in [2.24, 2.45) is 5.41 Å². The van der Waals surface area contributed by atoms with Gasteiger partial charge in [-0.05, 0) is 120 Å². The van der Waals surface area contributed by atoms with Gasteiger partial charge in [-0.15, -0.1) is 11.3 Å². The van der Waals surface area contributed by atoms with E-state index in [9.17, 15) is 9.59 Å². The quantitative estimate of drug-likeness (QED) is 0.104. The first-order valence-corrected chi connectivity index (χ1v) is 19.3. The number of nitrogens with zero attached hydrogens (tertiary/aromatic N) is 3. The number of amides is 1. The number of likely N-dealkylation sites (tertiary alicyclic amines) is 1. The van der Waals surface area contributed by atoms with Crippen LogP contribution in [0.2, 0.25) is 0 Å². The summed E-state index contributed by atoms with van der Waals surface area (Å²) in [6.45, 7) is 8.39. The molecule has 4 heterocycles.